The molecule has 2 aromatic rings. The minimum Gasteiger partial charge on any atom is -0.449 e. The average Bonchev–Trinajstić information content (AvgIpc) is 3.21. The minimum atomic E-state index is -1.18. The van der Waals surface area contributed by atoms with Gasteiger partial charge in [-0.2, -0.15) is 0 Å². The molecule has 1 aliphatic rings. The van der Waals surface area contributed by atoms with Crippen LogP contribution in [0.2, 0.25) is 0 Å². The molecule has 0 saturated heterocycles. The number of nitro benzene ring substituents is 1. The van der Waals surface area contributed by atoms with Crippen molar-refractivity contribution in [2.24, 2.45) is 5.73 Å². The molecule has 10 heteroatoms. The van der Waals surface area contributed by atoms with E-state index in [4.69, 9.17) is 10.5 Å². The first-order chi connectivity index (χ1) is 13.7. The maximum Gasteiger partial charge on any atom is 0.339 e. The summed E-state index contributed by atoms with van der Waals surface area (Å²) in [7, 11) is 0. The third-order valence-corrected chi connectivity index (χ3v) is 5.91. The number of anilines is 1. The Morgan fingerprint density at radius 3 is 2.69 bits per heavy atom. The number of benzene rings is 1. The van der Waals surface area contributed by atoms with Crippen LogP contribution in [0.5, 0.6) is 0 Å². The van der Waals surface area contributed by atoms with Crippen LogP contribution in [0.25, 0.3) is 0 Å². The first-order valence-corrected chi connectivity index (χ1v) is 9.72. The lowest BCUT2D eigenvalue weighted by Crippen LogP contribution is -2.30. The molecule has 0 fully saturated rings. The molecule has 3 N–H and O–H groups in total. The van der Waals surface area contributed by atoms with Gasteiger partial charge in [-0.3, -0.25) is 19.7 Å². The molecule has 152 valence electrons. The number of rotatable bonds is 6. The molecule has 29 heavy (non-hydrogen) atoms. The Labute approximate surface area is 170 Å². The fourth-order valence-electron chi connectivity index (χ4n) is 3.18. The maximum absolute atomic E-state index is 12.5. The fourth-order valence-corrected chi connectivity index (χ4v) is 4.48. The van der Waals surface area contributed by atoms with Crippen LogP contribution in [0.1, 0.15) is 50.1 Å². The number of carbonyl (C=O) groups excluding carboxylic acids is 3. The molecule has 3 rings (SSSR count). The monoisotopic (exact) mass is 417 g/mol. The SMILES string of the molecule is Cc1ccc(C(=O)O[C@H](C)C(=O)Nc2sc3c(c2C(N)=O)CCC3)cc1[N+](=O)[O-]. The number of nitrogens with two attached hydrogens (primary N) is 1. The van der Waals surface area contributed by atoms with Gasteiger partial charge >= 0.3 is 5.97 Å². The Morgan fingerprint density at radius 1 is 1.31 bits per heavy atom. The summed E-state index contributed by atoms with van der Waals surface area (Å²) in [6, 6.07) is 3.94. The number of nitrogens with one attached hydrogen (secondary N) is 1. The number of aryl methyl sites for hydroxylation is 2. The van der Waals surface area contributed by atoms with Gasteiger partial charge in [0.25, 0.3) is 17.5 Å². The lowest BCUT2D eigenvalue weighted by Gasteiger charge is -2.14. The minimum absolute atomic E-state index is 0.0325. The summed E-state index contributed by atoms with van der Waals surface area (Å²) in [5.41, 5.74) is 6.81. The molecule has 0 bridgehead atoms. The predicted octanol–water partition coefficient (Wildman–Crippen LogP) is 2.74. The van der Waals surface area contributed by atoms with Crippen LogP contribution < -0.4 is 11.1 Å². The molecular weight excluding hydrogens is 398 g/mol. The fraction of sp³-hybridized carbons (Fsp3) is 0.316. The number of carbonyl (C=O) groups is 3. The molecule has 0 unspecified atom stereocenters. The molecule has 1 heterocycles. The van der Waals surface area contributed by atoms with E-state index in [0.717, 1.165) is 35.8 Å². The van der Waals surface area contributed by atoms with Crippen molar-refractivity contribution in [3.05, 3.63) is 55.4 Å². The number of hydrogen-bond acceptors (Lipinski definition) is 7. The Kier molecular flexibility index (Phi) is 5.64. The Hall–Kier alpha value is -3.27. The van der Waals surface area contributed by atoms with Gasteiger partial charge < -0.3 is 15.8 Å². The van der Waals surface area contributed by atoms with Gasteiger partial charge in [0.15, 0.2) is 6.10 Å². The molecule has 1 aromatic carbocycles. The van der Waals surface area contributed by atoms with E-state index in [2.05, 4.69) is 5.32 Å². The number of hydrogen-bond donors (Lipinski definition) is 2. The number of primary amides is 1. The largest absolute Gasteiger partial charge is 0.449 e. The van der Waals surface area contributed by atoms with Gasteiger partial charge in [0.2, 0.25) is 0 Å². The van der Waals surface area contributed by atoms with Gasteiger partial charge in [0.1, 0.15) is 5.00 Å². The van der Waals surface area contributed by atoms with Gasteiger partial charge in [-0.1, -0.05) is 6.07 Å². The van der Waals surface area contributed by atoms with Crippen molar-refractivity contribution in [2.45, 2.75) is 39.2 Å². The van der Waals surface area contributed by atoms with Gasteiger partial charge in [0, 0.05) is 16.5 Å². The van der Waals surface area contributed by atoms with Gasteiger partial charge in [-0.05, 0) is 44.7 Å². The molecule has 1 aliphatic carbocycles. The highest BCUT2D eigenvalue weighted by Crippen LogP contribution is 2.38. The van der Waals surface area contributed by atoms with Crippen molar-refractivity contribution >= 4 is 39.8 Å². The van der Waals surface area contributed by atoms with Crippen molar-refractivity contribution in [1.29, 1.82) is 0 Å². The first kappa shape index (κ1) is 20.5. The van der Waals surface area contributed by atoms with E-state index in [1.807, 2.05) is 0 Å². The number of esters is 1. The van der Waals surface area contributed by atoms with E-state index < -0.39 is 28.8 Å². The van der Waals surface area contributed by atoms with Crippen molar-refractivity contribution in [2.75, 3.05) is 5.32 Å². The Bertz CT molecular complexity index is 1030. The smallest absolute Gasteiger partial charge is 0.339 e. The van der Waals surface area contributed by atoms with Crippen LogP contribution in [0.3, 0.4) is 0 Å². The van der Waals surface area contributed by atoms with E-state index >= 15 is 0 Å². The molecule has 0 aliphatic heterocycles. The van der Waals surface area contributed by atoms with Crippen LogP contribution in [0.4, 0.5) is 10.7 Å². The molecule has 0 saturated carbocycles. The van der Waals surface area contributed by atoms with Crippen molar-refractivity contribution in [3.8, 4) is 0 Å². The summed E-state index contributed by atoms with van der Waals surface area (Å²) < 4.78 is 5.14. The van der Waals surface area contributed by atoms with E-state index in [1.54, 1.807) is 6.92 Å². The third-order valence-electron chi connectivity index (χ3n) is 4.70. The van der Waals surface area contributed by atoms with Crippen LogP contribution in [0.15, 0.2) is 18.2 Å². The van der Waals surface area contributed by atoms with E-state index in [1.165, 1.54) is 30.4 Å². The topological polar surface area (TPSA) is 142 Å². The number of thiophene rings is 1. The zero-order valence-corrected chi connectivity index (χ0v) is 16.6. The van der Waals surface area contributed by atoms with E-state index in [0.29, 0.717) is 16.1 Å². The summed E-state index contributed by atoms with van der Waals surface area (Å²) in [6.07, 6.45) is 1.32. The highest BCUT2D eigenvalue weighted by molar-refractivity contribution is 7.17. The Balaban J connectivity index is 1.72. The van der Waals surface area contributed by atoms with Crippen LogP contribution in [-0.4, -0.2) is 28.8 Å². The number of amides is 2. The maximum atomic E-state index is 12.5. The van der Waals surface area contributed by atoms with Gasteiger partial charge in [0.05, 0.1) is 16.1 Å². The lowest BCUT2D eigenvalue weighted by molar-refractivity contribution is -0.385. The van der Waals surface area contributed by atoms with Crippen LogP contribution in [0, 0.1) is 17.0 Å². The summed E-state index contributed by atoms with van der Waals surface area (Å²) in [6.45, 7) is 2.93. The normalized spacial score (nSPS) is 13.4. The standard InChI is InChI=1S/C19H19N3O6S/c1-9-6-7-11(8-13(9)22(26)27)19(25)28-10(2)17(24)21-18-15(16(20)23)12-4-3-5-14(12)29-18/h6-8,10H,3-5H2,1-2H3,(H2,20,23)(H,21,24)/t10-/m1/s1. The predicted molar refractivity (Wildman–Crippen MR) is 106 cm³/mol. The summed E-state index contributed by atoms with van der Waals surface area (Å²) in [5.74, 6) is -2.10. The van der Waals surface area contributed by atoms with Crippen LogP contribution in [-0.2, 0) is 22.4 Å². The molecular formula is C19H19N3O6S. The molecule has 2 amide bonds. The Morgan fingerprint density at radius 2 is 2.03 bits per heavy atom. The van der Waals surface area contributed by atoms with Crippen molar-refractivity contribution in [3.63, 3.8) is 0 Å². The molecule has 1 aromatic heterocycles. The number of ether oxygens (including phenoxy) is 1. The second kappa shape index (κ2) is 8.00. The quantitative estimate of drug-likeness (QED) is 0.420. The van der Waals surface area contributed by atoms with Gasteiger partial charge in [-0.25, -0.2) is 4.79 Å². The van der Waals surface area contributed by atoms with Crippen molar-refractivity contribution < 1.29 is 24.0 Å². The zero-order valence-electron chi connectivity index (χ0n) is 15.8. The first-order valence-electron chi connectivity index (χ1n) is 8.90. The summed E-state index contributed by atoms with van der Waals surface area (Å²) >= 11 is 1.30. The van der Waals surface area contributed by atoms with Gasteiger partial charge in [-0.15, -0.1) is 11.3 Å². The summed E-state index contributed by atoms with van der Waals surface area (Å²) in [4.78, 5) is 48.0. The number of nitrogens with zero attached hydrogens (tertiary/aromatic N) is 1. The molecule has 1 atom stereocenters. The number of fused-ring (bicyclic) bond motifs is 1. The highest BCUT2D eigenvalue weighted by atomic mass is 32.1. The van der Waals surface area contributed by atoms with Crippen LogP contribution >= 0.6 is 11.3 Å². The average molecular weight is 417 g/mol. The highest BCUT2D eigenvalue weighted by Gasteiger charge is 2.28. The van der Waals surface area contributed by atoms with E-state index in [9.17, 15) is 24.5 Å². The summed E-state index contributed by atoms with van der Waals surface area (Å²) in [5, 5.41) is 14.0. The molecule has 0 radical (unpaired) electrons. The zero-order chi connectivity index (χ0) is 21.3. The van der Waals surface area contributed by atoms with E-state index in [-0.39, 0.29) is 11.3 Å². The second-order valence-corrected chi connectivity index (χ2v) is 7.83. The third kappa shape index (κ3) is 4.11. The van der Waals surface area contributed by atoms with Crippen molar-refractivity contribution in [1.82, 2.24) is 0 Å². The number of nitro groups is 1. The molecule has 0 spiro atoms. The molecule has 9 nitrogen and oxygen atoms in total. The second-order valence-electron chi connectivity index (χ2n) is 6.72. The lowest BCUT2D eigenvalue weighted by atomic mass is 10.1.